The first-order chi connectivity index (χ1) is 18.1. The number of ether oxygens (including phenoxy) is 1. The van der Waals surface area contributed by atoms with Gasteiger partial charge >= 0.3 is 0 Å². The number of fused-ring (bicyclic) bond motifs is 1. The van der Waals surface area contributed by atoms with Crippen LogP contribution in [0.4, 0.5) is 5.82 Å². The zero-order chi connectivity index (χ0) is 27.2. The lowest BCUT2D eigenvalue weighted by molar-refractivity contribution is 0.415. The van der Waals surface area contributed by atoms with Gasteiger partial charge in [0.2, 0.25) is 10.0 Å². The minimum absolute atomic E-state index is 0.369. The van der Waals surface area contributed by atoms with Crippen molar-refractivity contribution in [3.05, 3.63) is 64.6 Å². The molecule has 2 aromatic carbocycles. The molecule has 0 bridgehead atoms. The number of methoxy groups -OCH3 is 1. The molecule has 38 heavy (non-hydrogen) atoms. The minimum Gasteiger partial charge on any atom is -0.497 e. The fourth-order valence-corrected chi connectivity index (χ4v) is 7.40. The van der Waals surface area contributed by atoms with Gasteiger partial charge in [0.1, 0.15) is 17.9 Å². The van der Waals surface area contributed by atoms with Crippen LogP contribution in [0.3, 0.4) is 0 Å². The second-order valence-corrected chi connectivity index (χ2v) is 11.8. The van der Waals surface area contributed by atoms with Crippen LogP contribution in [0.2, 0.25) is 0 Å². The number of hydrogen-bond donors (Lipinski definition) is 0. The van der Waals surface area contributed by atoms with E-state index in [1.165, 1.54) is 6.33 Å². The third-order valence-corrected chi connectivity index (χ3v) is 10.1. The summed E-state index contributed by atoms with van der Waals surface area (Å²) in [4.78, 5) is 11.4. The maximum Gasteiger partial charge on any atom is 0.254 e. The zero-order valence-electron chi connectivity index (χ0n) is 22.8. The summed E-state index contributed by atoms with van der Waals surface area (Å²) in [5.74, 6) is 2.13. The van der Waals surface area contributed by atoms with Crippen LogP contribution in [-0.4, -0.2) is 65.6 Å². The summed E-state index contributed by atoms with van der Waals surface area (Å²) in [5, 5.41) is 4.46. The van der Waals surface area contributed by atoms with E-state index in [-0.39, 0.29) is 0 Å². The molecule has 10 heteroatoms. The fraction of sp³-hybridized carbons (Fsp3) is 0.393. The van der Waals surface area contributed by atoms with E-state index in [1.807, 2.05) is 58.2 Å². The van der Waals surface area contributed by atoms with E-state index in [0.29, 0.717) is 43.3 Å². The van der Waals surface area contributed by atoms with Gasteiger partial charge in [-0.1, -0.05) is 12.1 Å². The van der Waals surface area contributed by atoms with E-state index in [1.54, 1.807) is 15.9 Å². The third kappa shape index (κ3) is 4.31. The lowest BCUT2D eigenvalue weighted by atomic mass is 9.95. The number of hydrogen-bond acceptors (Lipinski definition) is 7. The van der Waals surface area contributed by atoms with Crippen molar-refractivity contribution in [3.8, 4) is 16.9 Å². The normalized spacial score (nSPS) is 15.2. The summed E-state index contributed by atoms with van der Waals surface area (Å²) in [6.07, 6.45) is 3.98. The molecule has 9 nitrogen and oxygen atoms in total. The van der Waals surface area contributed by atoms with Crippen molar-refractivity contribution >= 4 is 21.6 Å². The van der Waals surface area contributed by atoms with Gasteiger partial charge in [-0.25, -0.2) is 13.4 Å². The molecule has 1 fully saturated rings. The highest BCUT2D eigenvalue weighted by Crippen LogP contribution is 2.34. The van der Waals surface area contributed by atoms with Crippen LogP contribution in [0.25, 0.3) is 16.9 Å². The molecule has 5 rings (SSSR count). The van der Waals surface area contributed by atoms with Crippen LogP contribution in [0.1, 0.15) is 34.2 Å². The highest BCUT2D eigenvalue weighted by atomic mass is 32.2. The maximum absolute atomic E-state index is 14.0. The van der Waals surface area contributed by atoms with Crippen molar-refractivity contribution in [1.29, 1.82) is 0 Å². The molecule has 0 amide bonds. The summed E-state index contributed by atoms with van der Waals surface area (Å²) in [5.41, 5.74) is 6.78. The summed E-state index contributed by atoms with van der Waals surface area (Å²) < 4.78 is 36.7. The molecule has 1 aliphatic rings. The smallest absolute Gasteiger partial charge is 0.254 e. The first kappa shape index (κ1) is 26.1. The van der Waals surface area contributed by atoms with Crippen LogP contribution >= 0.6 is 0 Å². The largest absolute Gasteiger partial charge is 0.497 e. The number of anilines is 1. The predicted octanol–water partition coefficient (Wildman–Crippen LogP) is 4.24. The van der Waals surface area contributed by atoms with Crippen molar-refractivity contribution in [2.45, 2.75) is 45.9 Å². The maximum atomic E-state index is 14.0. The van der Waals surface area contributed by atoms with Crippen LogP contribution < -0.4 is 9.64 Å². The van der Waals surface area contributed by atoms with Gasteiger partial charge < -0.3 is 9.64 Å². The van der Waals surface area contributed by atoms with Gasteiger partial charge in [-0.15, -0.1) is 0 Å². The molecule has 2 aromatic heterocycles. The van der Waals surface area contributed by atoms with E-state index in [2.05, 4.69) is 26.9 Å². The fourth-order valence-electron chi connectivity index (χ4n) is 5.37. The highest BCUT2D eigenvalue weighted by molar-refractivity contribution is 7.89. The Kier molecular flexibility index (Phi) is 6.87. The van der Waals surface area contributed by atoms with E-state index in [4.69, 9.17) is 4.74 Å². The quantitative estimate of drug-likeness (QED) is 0.378. The molecule has 200 valence electrons. The van der Waals surface area contributed by atoms with Gasteiger partial charge in [-0.2, -0.15) is 18.9 Å². The van der Waals surface area contributed by atoms with E-state index >= 15 is 0 Å². The van der Waals surface area contributed by atoms with Crippen LogP contribution in [0.5, 0.6) is 5.75 Å². The Bertz CT molecular complexity index is 1580. The highest BCUT2D eigenvalue weighted by Gasteiger charge is 2.32. The molecule has 0 N–H and O–H groups in total. The molecule has 0 saturated carbocycles. The van der Waals surface area contributed by atoms with E-state index < -0.39 is 10.0 Å². The molecule has 0 spiro atoms. The Morgan fingerprint density at radius 1 is 0.816 bits per heavy atom. The lowest BCUT2D eigenvalue weighted by Crippen LogP contribution is -2.36. The van der Waals surface area contributed by atoms with Crippen molar-refractivity contribution in [1.82, 2.24) is 23.9 Å². The second kappa shape index (κ2) is 9.99. The predicted molar refractivity (Wildman–Crippen MR) is 148 cm³/mol. The molecular formula is C28H34N6O3S. The van der Waals surface area contributed by atoms with Gasteiger partial charge in [0.15, 0.2) is 0 Å². The number of aromatic nitrogens is 4. The molecule has 3 heterocycles. The van der Waals surface area contributed by atoms with Crippen LogP contribution in [0.15, 0.2) is 41.7 Å². The average Bonchev–Trinajstić information content (AvgIpc) is 3.26. The molecule has 0 aliphatic carbocycles. The molecule has 1 aliphatic heterocycles. The van der Waals surface area contributed by atoms with Crippen molar-refractivity contribution in [2.24, 2.45) is 0 Å². The third-order valence-electron chi connectivity index (χ3n) is 7.96. The molecule has 0 atom stereocenters. The Labute approximate surface area is 224 Å². The SMILES string of the molecule is COc1ccc(-c2cnc3ncnn3c2N2CCCN(S(=O)(=O)c3c(C)c(C)c(C)c(C)c3C)CC2)cc1. The zero-order valence-corrected chi connectivity index (χ0v) is 23.6. The monoisotopic (exact) mass is 534 g/mol. The first-order valence-electron chi connectivity index (χ1n) is 12.8. The molecular weight excluding hydrogens is 500 g/mol. The van der Waals surface area contributed by atoms with Gasteiger partial charge in [-0.05, 0) is 86.6 Å². The Morgan fingerprint density at radius 3 is 2.13 bits per heavy atom. The van der Waals surface area contributed by atoms with Crippen LogP contribution in [0, 0.1) is 34.6 Å². The summed E-state index contributed by atoms with van der Waals surface area (Å²) >= 11 is 0. The van der Waals surface area contributed by atoms with Gasteiger partial charge in [0.25, 0.3) is 5.78 Å². The van der Waals surface area contributed by atoms with E-state index in [9.17, 15) is 8.42 Å². The van der Waals surface area contributed by atoms with Crippen molar-refractivity contribution in [3.63, 3.8) is 0 Å². The summed E-state index contributed by atoms with van der Waals surface area (Å²) in [6.45, 7) is 11.9. The number of nitrogens with zero attached hydrogens (tertiary/aromatic N) is 6. The topological polar surface area (TPSA) is 92.9 Å². The second-order valence-electron chi connectivity index (χ2n) is 9.89. The van der Waals surface area contributed by atoms with Gasteiger partial charge in [-0.3, -0.25) is 0 Å². The Balaban J connectivity index is 1.51. The minimum atomic E-state index is -3.67. The Hall–Kier alpha value is -3.50. The lowest BCUT2D eigenvalue weighted by Gasteiger charge is -2.27. The van der Waals surface area contributed by atoms with Crippen molar-refractivity contribution in [2.75, 3.05) is 38.2 Å². The number of benzene rings is 2. The average molecular weight is 535 g/mol. The van der Waals surface area contributed by atoms with Crippen molar-refractivity contribution < 1.29 is 13.2 Å². The molecule has 1 saturated heterocycles. The number of sulfonamides is 1. The number of rotatable bonds is 5. The molecule has 4 aromatic rings. The first-order valence-corrected chi connectivity index (χ1v) is 14.2. The summed E-state index contributed by atoms with van der Waals surface area (Å²) in [6, 6.07) is 7.81. The van der Waals surface area contributed by atoms with E-state index in [0.717, 1.165) is 50.5 Å². The standard InChI is InChI=1S/C28H34N6O3S/c1-18-19(2)21(4)26(22(5)20(18)3)38(35,36)33-13-7-12-32(14-15-33)27-25(16-29-28-30-17-31-34(27)28)23-8-10-24(37-6)11-9-23/h8-11,16-17H,7,12-15H2,1-6H3. The molecule has 0 unspecified atom stereocenters. The summed E-state index contributed by atoms with van der Waals surface area (Å²) in [7, 11) is -2.03. The van der Waals surface area contributed by atoms with Gasteiger partial charge in [0, 0.05) is 37.9 Å². The van der Waals surface area contributed by atoms with Crippen LogP contribution in [-0.2, 0) is 10.0 Å². The molecule has 0 radical (unpaired) electrons. The Morgan fingerprint density at radius 2 is 1.47 bits per heavy atom. The van der Waals surface area contributed by atoms with Gasteiger partial charge in [0.05, 0.1) is 12.0 Å².